The van der Waals surface area contributed by atoms with Crippen molar-refractivity contribution in [3.63, 3.8) is 0 Å². The predicted molar refractivity (Wildman–Crippen MR) is 74.2 cm³/mol. The maximum absolute atomic E-state index is 11.2. The lowest BCUT2D eigenvalue weighted by Gasteiger charge is -2.32. The van der Waals surface area contributed by atoms with Crippen LogP contribution in [0.5, 0.6) is 0 Å². The van der Waals surface area contributed by atoms with Crippen LogP contribution in [0, 0.1) is 0 Å². The molecule has 4 nitrogen and oxygen atoms in total. The summed E-state index contributed by atoms with van der Waals surface area (Å²) in [4.78, 5) is 3.23. The molecule has 2 rings (SSSR count). The van der Waals surface area contributed by atoms with E-state index in [2.05, 4.69) is 4.90 Å². The van der Waals surface area contributed by atoms with E-state index >= 15 is 0 Å². The average molecular weight is 310 g/mol. The van der Waals surface area contributed by atoms with Crippen LogP contribution in [0.3, 0.4) is 0 Å². The summed E-state index contributed by atoms with van der Waals surface area (Å²) in [5, 5.41) is 0. The molecule has 0 aliphatic carbocycles. The zero-order chi connectivity index (χ0) is 13.2. The third-order valence-electron chi connectivity index (χ3n) is 2.84. The summed E-state index contributed by atoms with van der Waals surface area (Å²) in [6.45, 7) is 2.71. The fourth-order valence-electron chi connectivity index (χ4n) is 1.87. The van der Waals surface area contributed by atoms with E-state index in [9.17, 15) is 8.42 Å². The van der Waals surface area contributed by atoms with Gasteiger partial charge in [-0.1, -0.05) is 11.6 Å². The summed E-state index contributed by atoms with van der Waals surface area (Å²) in [6, 6.07) is 3.83. The Kier molecular flexibility index (Phi) is 4.66. The number of rotatable bonds is 4. The number of hydrogen-bond acceptors (Lipinski definition) is 5. The Labute approximate surface area is 116 Å². The molecule has 0 N–H and O–H groups in total. The standard InChI is InChI=1S/C11H16ClNO3S2/c1-18(14,15)7-5-13-4-6-16-9(8-13)10-2-3-11(12)17-10/h2-3,9H,4-8H2,1H3. The average Bonchev–Trinajstić information content (AvgIpc) is 2.73. The maximum Gasteiger partial charge on any atom is 0.148 e. The van der Waals surface area contributed by atoms with E-state index < -0.39 is 9.84 Å². The van der Waals surface area contributed by atoms with Gasteiger partial charge >= 0.3 is 0 Å². The molecule has 102 valence electrons. The quantitative estimate of drug-likeness (QED) is 0.851. The zero-order valence-electron chi connectivity index (χ0n) is 10.1. The van der Waals surface area contributed by atoms with Gasteiger partial charge in [-0.2, -0.15) is 0 Å². The van der Waals surface area contributed by atoms with Gasteiger partial charge in [0.1, 0.15) is 15.9 Å². The monoisotopic (exact) mass is 309 g/mol. The molecule has 0 aromatic carbocycles. The number of morpholine rings is 1. The Morgan fingerprint density at radius 2 is 2.33 bits per heavy atom. The van der Waals surface area contributed by atoms with Crippen molar-refractivity contribution in [1.29, 1.82) is 0 Å². The molecule has 0 radical (unpaired) electrons. The van der Waals surface area contributed by atoms with Crippen LogP contribution < -0.4 is 0 Å². The van der Waals surface area contributed by atoms with E-state index in [1.165, 1.54) is 17.6 Å². The van der Waals surface area contributed by atoms with Crippen molar-refractivity contribution < 1.29 is 13.2 Å². The summed E-state index contributed by atoms with van der Waals surface area (Å²) in [5.74, 6) is 0.199. The van der Waals surface area contributed by atoms with E-state index in [4.69, 9.17) is 16.3 Å². The van der Waals surface area contributed by atoms with E-state index in [0.29, 0.717) is 13.2 Å². The van der Waals surface area contributed by atoms with Crippen LogP contribution in [0.2, 0.25) is 4.34 Å². The SMILES string of the molecule is CS(=O)(=O)CCN1CCOC(c2ccc(Cl)s2)C1. The van der Waals surface area contributed by atoms with Gasteiger partial charge in [0, 0.05) is 30.8 Å². The van der Waals surface area contributed by atoms with Gasteiger partial charge in [-0.15, -0.1) is 11.3 Å². The Morgan fingerprint density at radius 3 is 2.94 bits per heavy atom. The summed E-state index contributed by atoms with van der Waals surface area (Å²) in [5.41, 5.74) is 0. The van der Waals surface area contributed by atoms with E-state index in [-0.39, 0.29) is 11.9 Å². The first-order valence-corrected chi connectivity index (χ1v) is 8.96. The van der Waals surface area contributed by atoms with Gasteiger partial charge in [0.25, 0.3) is 0 Å². The topological polar surface area (TPSA) is 46.6 Å². The van der Waals surface area contributed by atoms with E-state index in [1.54, 1.807) is 0 Å². The number of thiophene rings is 1. The molecule has 1 unspecified atom stereocenters. The number of hydrogen-bond donors (Lipinski definition) is 0. The van der Waals surface area contributed by atoms with Crippen LogP contribution in [0.15, 0.2) is 12.1 Å². The third kappa shape index (κ3) is 4.20. The van der Waals surface area contributed by atoms with Crippen LogP contribution in [0.25, 0.3) is 0 Å². The normalized spacial score (nSPS) is 22.2. The highest BCUT2D eigenvalue weighted by Crippen LogP contribution is 2.30. The van der Waals surface area contributed by atoms with Crippen LogP contribution >= 0.6 is 22.9 Å². The number of ether oxygens (including phenoxy) is 1. The van der Waals surface area contributed by atoms with E-state index in [0.717, 1.165) is 22.3 Å². The molecule has 7 heteroatoms. The van der Waals surface area contributed by atoms with Crippen LogP contribution in [0.4, 0.5) is 0 Å². The lowest BCUT2D eigenvalue weighted by atomic mass is 10.2. The molecule has 0 saturated carbocycles. The molecule has 1 saturated heterocycles. The second kappa shape index (κ2) is 5.88. The van der Waals surface area contributed by atoms with Crippen molar-refractivity contribution in [3.8, 4) is 0 Å². The minimum absolute atomic E-state index is 0.0100. The fourth-order valence-corrected chi connectivity index (χ4v) is 3.57. The summed E-state index contributed by atoms with van der Waals surface area (Å²) in [6.07, 6.45) is 1.28. The molecule has 1 aromatic heterocycles. The van der Waals surface area contributed by atoms with Crippen molar-refractivity contribution >= 4 is 32.8 Å². The van der Waals surface area contributed by atoms with Crippen molar-refractivity contribution in [3.05, 3.63) is 21.3 Å². The van der Waals surface area contributed by atoms with Crippen molar-refractivity contribution in [2.75, 3.05) is 38.2 Å². The van der Waals surface area contributed by atoms with Crippen LogP contribution in [-0.4, -0.2) is 51.6 Å². The van der Waals surface area contributed by atoms with Crippen molar-refractivity contribution in [2.45, 2.75) is 6.10 Å². The molecular weight excluding hydrogens is 294 g/mol. The molecule has 18 heavy (non-hydrogen) atoms. The molecule has 1 atom stereocenters. The highest BCUT2D eigenvalue weighted by Gasteiger charge is 2.23. The predicted octanol–water partition coefficient (Wildman–Crippen LogP) is 1.82. The summed E-state index contributed by atoms with van der Waals surface area (Å²) < 4.78 is 28.8. The van der Waals surface area contributed by atoms with Crippen molar-refractivity contribution in [2.24, 2.45) is 0 Å². The molecule has 1 aliphatic rings. The summed E-state index contributed by atoms with van der Waals surface area (Å²) >= 11 is 7.42. The van der Waals surface area contributed by atoms with Crippen LogP contribution in [0.1, 0.15) is 11.0 Å². The van der Waals surface area contributed by atoms with Gasteiger partial charge in [-0.05, 0) is 12.1 Å². The minimum atomic E-state index is -2.90. The first kappa shape index (κ1) is 14.3. The Balaban J connectivity index is 1.92. The molecule has 1 aliphatic heterocycles. The molecule has 0 bridgehead atoms. The second-order valence-electron chi connectivity index (χ2n) is 4.43. The Morgan fingerprint density at radius 1 is 1.56 bits per heavy atom. The fraction of sp³-hybridized carbons (Fsp3) is 0.636. The third-order valence-corrected chi connectivity index (χ3v) is 5.09. The highest BCUT2D eigenvalue weighted by atomic mass is 35.5. The lowest BCUT2D eigenvalue weighted by molar-refractivity contribution is -0.0260. The van der Waals surface area contributed by atoms with E-state index in [1.807, 2.05) is 12.1 Å². The summed E-state index contributed by atoms with van der Waals surface area (Å²) in [7, 11) is -2.90. The zero-order valence-corrected chi connectivity index (χ0v) is 12.5. The molecule has 1 aromatic rings. The van der Waals surface area contributed by atoms with Crippen molar-refractivity contribution in [1.82, 2.24) is 4.90 Å². The van der Waals surface area contributed by atoms with Gasteiger partial charge in [-0.3, -0.25) is 4.90 Å². The maximum atomic E-state index is 11.2. The van der Waals surface area contributed by atoms with Gasteiger partial charge in [-0.25, -0.2) is 8.42 Å². The molecule has 2 heterocycles. The number of halogens is 1. The van der Waals surface area contributed by atoms with Gasteiger partial charge < -0.3 is 4.74 Å². The highest BCUT2D eigenvalue weighted by molar-refractivity contribution is 7.90. The first-order valence-electron chi connectivity index (χ1n) is 5.71. The number of nitrogens with zero attached hydrogens (tertiary/aromatic N) is 1. The molecule has 0 amide bonds. The van der Waals surface area contributed by atoms with Gasteiger partial charge in [0.2, 0.25) is 0 Å². The molecular formula is C11H16ClNO3S2. The Bertz CT molecular complexity index is 500. The molecule has 1 fully saturated rings. The Hall–Kier alpha value is -0.140. The molecule has 0 spiro atoms. The lowest BCUT2D eigenvalue weighted by Crippen LogP contribution is -2.40. The smallest absolute Gasteiger partial charge is 0.148 e. The first-order chi connectivity index (χ1) is 8.44. The minimum Gasteiger partial charge on any atom is -0.370 e. The van der Waals surface area contributed by atoms with Crippen LogP contribution in [-0.2, 0) is 14.6 Å². The second-order valence-corrected chi connectivity index (χ2v) is 8.44. The largest absolute Gasteiger partial charge is 0.370 e. The van der Waals surface area contributed by atoms with Gasteiger partial charge in [0.15, 0.2) is 0 Å². The number of sulfone groups is 1. The van der Waals surface area contributed by atoms with Gasteiger partial charge in [0.05, 0.1) is 16.7 Å².